The molecule has 0 spiro atoms. The van der Waals surface area contributed by atoms with E-state index in [9.17, 15) is 13.2 Å². The second-order valence-corrected chi connectivity index (χ2v) is 2.28. The summed E-state index contributed by atoms with van der Waals surface area (Å²) in [6.07, 6.45) is -4.44. The van der Waals surface area contributed by atoms with Crippen LogP contribution >= 0.6 is 0 Å². The third kappa shape index (κ3) is 1.87. The fraction of sp³-hybridized carbons (Fsp3) is 0.111. The van der Waals surface area contributed by atoms with Crippen LogP contribution in [0.4, 0.5) is 13.2 Å². The van der Waals surface area contributed by atoms with Crippen LogP contribution in [0.5, 0.6) is 0 Å². The first-order valence-corrected chi connectivity index (χ1v) is 3.27. The Bertz CT molecular complexity index is 272. The summed E-state index contributed by atoms with van der Waals surface area (Å²) >= 11 is 0. The van der Waals surface area contributed by atoms with Crippen LogP contribution < -0.4 is 0 Å². The SMILES string of the molecule is [CH]=C(c1ccccc1)C(F)(F)F. The van der Waals surface area contributed by atoms with E-state index in [4.69, 9.17) is 6.58 Å². The molecular formula is C9H6F3. The van der Waals surface area contributed by atoms with Crippen molar-refractivity contribution in [3.63, 3.8) is 0 Å². The minimum atomic E-state index is -4.44. The number of halogens is 3. The van der Waals surface area contributed by atoms with Gasteiger partial charge in [0.1, 0.15) is 0 Å². The van der Waals surface area contributed by atoms with Gasteiger partial charge in [-0.15, -0.1) is 0 Å². The Kier molecular flexibility index (Phi) is 2.22. The summed E-state index contributed by atoms with van der Waals surface area (Å²) in [5.74, 6) is 0. The highest BCUT2D eigenvalue weighted by Gasteiger charge is 2.32. The van der Waals surface area contributed by atoms with Crippen molar-refractivity contribution in [3.8, 4) is 0 Å². The number of hydrogen-bond acceptors (Lipinski definition) is 0. The number of allylic oxidation sites excluding steroid dienone is 1. The van der Waals surface area contributed by atoms with Crippen molar-refractivity contribution < 1.29 is 13.2 Å². The second-order valence-electron chi connectivity index (χ2n) is 2.28. The first-order valence-electron chi connectivity index (χ1n) is 3.27. The summed E-state index contributed by atoms with van der Waals surface area (Å²) in [6, 6.07) is 7.29. The van der Waals surface area contributed by atoms with Gasteiger partial charge in [0.05, 0.1) is 5.57 Å². The Morgan fingerprint density at radius 1 is 1.08 bits per heavy atom. The molecule has 1 aromatic rings. The van der Waals surface area contributed by atoms with Gasteiger partial charge in [-0.05, 0) is 12.1 Å². The third-order valence-electron chi connectivity index (χ3n) is 1.39. The molecule has 1 radical (unpaired) electrons. The molecule has 0 amide bonds. The van der Waals surface area contributed by atoms with Crippen molar-refractivity contribution in [3.05, 3.63) is 42.5 Å². The highest BCUT2D eigenvalue weighted by atomic mass is 19.4. The quantitative estimate of drug-likeness (QED) is 0.609. The normalized spacial score (nSPS) is 11.2. The monoisotopic (exact) mass is 171 g/mol. The summed E-state index contributed by atoms with van der Waals surface area (Å²) < 4.78 is 35.9. The molecular weight excluding hydrogens is 165 g/mol. The lowest BCUT2D eigenvalue weighted by Crippen LogP contribution is -2.09. The van der Waals surface area contributed by atoms with Crippen LogP contribution in [-0.2, 0) is 0 Å². The van der Waals surface area contributed by atoms with Crippen LogP contribution in [0.1, 0.15) is 5.56 Å². The fourth-order valence-electron chi connectivity index (χ4n) is 0.781. The predicted octanol–water partition coefficient (Wildman–Crippen LogP) is 3.07. The molecule has 0 nitrogen and oxygen atoms in total. The summed E-state index contributed by atoms with van der Waals surface area (Å²) in [7, 11) is 0. The van der Waals surface area contributed by atoms with Crippen LogP contribution in [0.3, 0.4) is 0 Å². The maximum Gasteiger partial charge on any atom is 0.416 e. The number of benzene rings is 1. The van der Waals surface area contributed by atoms with Gasteiger partial charge in [-0.2, -0.15) is 13.2 Å². The standard InChI is InChI=1S/C9H6F3/c1-7(9(10,11)12)8-5-3-2-4-6-8/h1-6H. The minimum Gasteiger partial charge on any atom is -0.166 e. The predicted molar refractivity (Wildman–Crippen MR) is 40.2 cm³/mol. The maximum atomic E-state index is 12.0. The Labute approximate surface area is 68.3 Å². The summed E-state index contributed by atoms with van der Waals surface area (Å²) in [5, 5.41) is 0. The lowest BCUT2D eigenvalue weighted by atomic mass is 10.1. The minimum absolute atomic E-state index is 0.00463. The summed E-state index contributed by atoms with van der Waals surface area (Å²) in [4.78, 5) is 0. The Morgan fingerprint density at radius 3 is 2.00 bits per heavy atom. The zero-order valence-electron chi connectivity index (χ0n) is 6.10. The van der Waals surface area contributed by atoms with Crippen LogP contribution in [0.15, 0.2) is 30.3 Å². The summed E-state index contributed by atoms with van der Waals surface area (Å²) in [5.41, 5.74) is -1.05. The molecule has 0 aliphatic carbocycles. The van der Waals surface area contributed by atoms with Crippen molar-refractivity contribution in [2.24, 2.45) is 0 Å². The topological polar surface area (TPSA) is 0 Å². The van der Waals surface area contributed by atoms with E-state index < -0.39 is 11.7 Å². The van der Waals surface area contributed by atoms with Crippen molar-refractivity contribution in [1.29, 1.82) is 0 Å². The molecule has 0 saturated heterocycles. The van der Waals surface area contributed by atoms with E-state index in [1.54, 1.807) is 6.07 Å². The zero-order valence-corrected chi connectivity index (χ0v) is 6.10. The van der Waals surface area contributed by atoms with Gasteiger partial charge in [-0.3, -0.25) is 0 Å². The highest BCUT2D eigenvalue weighted by Crippen LogP contribution is 2.31. The lowest BCUT2D eigenvalue weighted by Gasteiger charge is -2.08. The van der Waals surface area contributed by atoms with E-state index in [1.165, 1.54) is 24.3 Å². The Hall–Kier alpha value is -1.25. The van der Waals surface area contributed by atoms with Gasteiger partial charge in [0, 0.05) is 0 Å². The number of hydrogen-bond donors (Lipinski definition) is 0. The smallest absolute Gasteiger partial charge is 0.166 e. The largest absolute Gasteiger partial charge is 0.416 e. The van der Waals surface area contributed by atoms with Gasteiger partial charge in [-0.1, -0.05) is 30.3 Å². The van der Waals surface area contributed by atoms with Gasteiger partial charge < -0.3 is 0 Å². The van der Waals surface area contributed by atoms with E-state index >= 15 is 0 Å². The molecule has 0 heterocycles. The van der Waals surface area contributed by atoms with E-state index in [-0.39, 0.29) is 5.56 Å². The fourth-order valence-corrected chi connectivity index (χ4v) is 0.781. The Morgan fingerprint density at radius 2 is 1.58 bits per heavy atom. The van der Waals surface area contributed by atoms with Gasteiger partial charge in [-0.25, -0.2) is 0 Å². The first-order chi connectivity index (χ1) is 5.52. The molecule has 0 unspecified atom stereocenters. The van der Waals surface area contributed by atoms with Gasteiger partial charge >= 0.3 is 6.18 Å². The van der Waals surface area contributed by atoms with Crippen molar-refractivity contribution in [2.45, 2.75) is 6.18 Å². The average Bonchev–Trinajstić information content (AvgIpc) is 2.03. The number of rotatable bonds is 1. The molecule has 0 aliphatic heterocycles. The molecule has 0 aromatic heterocycles. The molecule has 12 heavy (non-hydrogen) atoms. The van der Waals surface area contributed by atoms with Crippen LogP contribution in [0.2, 0.25) is 0 Å². The molecule has 1 aromatic carbocycles. The summed E-state index contributed by atoms with van der Waals surface area (Å²) in [6.45, 7) is 4.86. The zero-order chi connectivity index (χ0) is 9.19. The highest BCUT2D eigenvalue weighted by molar-refractivity contribution is 5.65. The van der Waals surface area contributed by atoms with Gasteiger partial charge in [0.25, 0.3) is 0 Å². The van der Waals surface area contributed by atoms with Gasteiger partial charge in [0.15, 0.2) is 0 Å². The van der Waals surface area contributed by atoms with Crippen LogP contribution in [-0.4, -0.2) is 6.18 Å². The molecule has 0 saturated carbocycles. The van der Waals surface area contributed by atoms with Crippen molar-refractivity contribution in [2.75, 3.05) is 0 Å². The molecule has 63 valence electrons. The molecule has 0 aliphatic rings. The Balaban J connectivity index is 2.94. The van der Waals surface area contributed by atoms with Gasteiger partial charge in [0.2, 0.25) is 0 Å². The van der Waals surface area contributed by atoms with Crippen molar-refractivity contribution >= 4 is 5.57 Å². The molecule has 0 bridgehead atoms. The molecule has 0 N–H and O–H groups in total. The van der Waals surface area contributed by atoms with E-state index in [2.05, 4.69) is 0 Å². The number of alkyl halides is 3. The lowest BCUT2D eigenvalue weighted by molar-refractivity contribution is -0.0688. The average molecular weight is 171 g/mol. The molecule has 0 fully saturated rings. The van der Waals surface area contributed by atoms with E-state index in [0.29, 0.717) is 0 Å². The molecule has 0 atom stereocenters. The second kappa shape index (κ2) is 3.01. The van der Waals surface area contributed by atoms with Crippen LogP contribution in [0.25, 0.3) is 5.57 Å². The molecule has 1 rings (SSSR count). The van der Waals surface area contributed by atoms with Crippen LogP contribution in [0, 0.1) is 6.58 Å². The molecule has 3 heteroatoms. The van der Waals surface area contributed by atoms with E-state index in [0.717, 1.165) is 0 Å². The first kappa shape index (κ1) is 8.84. The maximum absolute atomic E-state index is 12.0. The third-order valence-corrected chi connectivity index (χ3v) is 1.39. The van der Waals surface area contributed by atoms with E-state index in [1.807, 2.05) is 0 Å². The van der Waals surface area contributed by atoms with Crippen molar-refractivity contribution in [1.82, 2.24) is 0 Å².